The molecule has 2 unspecified atom stereocenters. The highest BCUT2D eigenvalue weighted by molar-refractivity contribution is 7.91. The maximum Gasteiger partial charge on any atom is 0.325 e. The number of aromatic nitrogens is 1. The highest BCUT2D eigenvalue weighted by Gasteiger charge is 2.64. The van der Waals surface area contributed by atoms with Crippen molar-refractivity contribution < 1.29 is 23.1 Å². The minimum Gasteiger partial charge on any atom is -0.480 e. The zero-order valence-electron chi connectivity index (χ0n) is 18.5. The molecule has 2 N–H and O–H groups in total. The van der Waals surface area contributed by atoms with E-state index in [1.54, 1.807) is 79.1 Å². The number of rotatable bonds is 8. The van der Waals surface area contributed by atoms with E-state index in [0.29, 0.717) is 22.1 Å². The molecule has 0 amide bonds. The lowest BCUT2D eigenvalue weighted by Crippen LogP contribution is -2.44. The zero-order chi connectivity index (χ0) is 24.6. The summed E-state index contributed by atoms with van der Waals surface area (Å²) in [5.41, 5.74) is -0.244. The van der Waals surface area contributed by atoms with Gasteiger partial charge in [0.25, 0.3) is 10.0 Å². The van der Waals surface area contributed by atoms with E-state index in [1.165, 1.54) is 6.07 Å². The Hall–Kier alpha value is -2.95. The van der Waals surface area contributed by atoms with Crippen LogP contribution in [0.1, 0.15) is 17.9 Å². The van der Waals surface area contributed by atoms with Crippen LogP contribution in [-0.4, -0.2) is 30.0 Å². The van der Waals surface area contributed by atoms with Gasteiger partial charge in [-0.05, 0) is 54.4 Å². The van der Waals surface area contributed by atoms with Crippen LogP contribution in [0.25, 0.3) is 10.4 Å². The van der Waals surface area contributed by atoms with E-state index in [2.05, 4.69) is 9.71 Å². The van der Waals surface area contributed by atoms with Crippen LogP contribution in [0.4, 0.5) is 0 Å². The Bertz CT molecular complexity index is 1490. The van der Waals surface area contributed by atoms with Crippen LogP contribution in [-0.2, 0) is 14.8 Å². The van der Waals surface area contributed by atoms with Gasteiger partial charge in [0, 0.05) is 27.6 Å². The number of benzene rings is 2. The number of nitrogens with one attached hydrogen (secondary N) is 1. The molecule has 186 valence electrons. The van der Waals surface area contributed by atoms with Gasteiger partial charge in [0.2, 0.25) is 0 Å². The number of aliphatic carboxylic acids is 1. The standard InChI is InChI=1S/C25H19ClN2O5S2.ClH/c26-17-9-7-16(8-10-17)22-11-12-23(34-22)35(31,32)28-25(24(29)30)14-20(25)19-5-1-2-6-21(19)33-18-4-3-13-27-15-18;/h1-13,15,20,28H,14H2,(H,29,30);1H. The summed E-state index contributed by atoms with van der Waals surface area (Å²) in [6.45, 7) is 0. The van der Waals surface area contributed by atoms with Crippen molar-refractivity contribution in [3.05, 3.63) is 95.8 Å². The number of halogens is 2. The van der Waals surface area contributed by atoms with Crippen LogP contribution < -0.4 is 9.46 Å². The van der Waals surface area contributed by atoms with Crippen molar-refractivity contribution in [2.24, 2.45) is 0 Å². The lowest BCUT2D eigenvalue weighted by Gasteiger charge is -2.16. The number of thiophene rings is 1. The molecular weight excluding hydrogens is 543 g/mol. The average Bonchev–Trinajstić information content (AvgIpc) is 3.32. The molecule has 2 heterocycles. The fourth-order valence-corrected chi connectivity index (χ4v) is 6.79. The Balaban J connectivity index is 0.00000304. The molecule has 7 nitrogen and oxygen atoms in total. The van der Waals surface area contributed by atoms with E-state index in [1.807, 2.05) is 0 Å². The van der Waals surface area contributed by atoms with Gasteiger partial charge in [0.15, 0.2) is 0 Å². The van der Waals surface area contributed by atoms with E-state index < -0.39 is 27.4 Å². The normalized spacial score (nSPS) is 18.8. The Kier molecular flexibility index (Phi) is 7.40. The van der Waals surface area contributed by atoms with Gasteiger partial charge >= 0.3 is 5.97 Å². The molecule has 1 saturated carbocycles. The quantitative estimate of drug-likeness (QED) is 0.274. The molecule has 0 spiro atoms. The van der Waals surface area contributed by atoms with E-state index in [-0.39, 0.29) is 23.0 Å². The maximum absolute atomic E-state index is 13.2. The largest absolute Gasteiger partial charge is 0.480 e. The first kappa shape index (κ1) is 26.1. The van der Waals surface area contributed by atoms with Crippen molar-refractivity contribution in [2.75, 3.05) is 0 Å². The van der Waals surface area contributed by atoms with Crippen LogP contribution in [0.15, 0.2) is 89.4 Å². The maximum atomic E-state index is 13.2. The second-order valence-corrected chi connectivity index (χ2v) is 11.5. The summed E-state index contributed by atoms with van der Waals surface area (Å²) in [7, 11) is -4.10. The van der Waals surface area contributed by atoms with E-state index >= 15 is 0 Å². The SMILES string of the molecule is Cl.O=C(O)C1(NS(=O)(=O)c2ccc(-c3ccc(Cl)cc3)s2)CC1c1ccccc1Oc1cccnc1. The molecule has 36 heavy (non-hydrogen) atoms. The lowest BCUT2D eigenvalue weighted by molar-refractivity contribution is -0.140. The number of carboxylic acids is 1. The molecule has 0 bridgehead atoms. The average molecular weight is 563 g/mol. The number of para-hydroxylation sites is 1. The first-order chi connectivity index (χ1) is 16.8. The predicted molar refractivity (Wildman–Crippen MR) is 141 cm³/mol. The molecule has 2 aromatic heterocycles. The Morgan fingerprint density at radius 3 is 2.53 bits per heavy atom. The fourth-order valence-electron chi connectivity index (χ4n) is 3.95. The Morgan fingerprint density at radius 2 is 1.83 bits per heavy atom. The molecule has 0 saturated heterocycles. The summed E-state index contributed by atoms with van der Waals surface area (Å²) >= 11 is 7.00. The molecule has 11 heteroatoms. The summed E-state index contributed by atoms with van der Waals surface area (Å²) in [5.74, 6) is -0.889. The van der Waals surface area contributed by atoms with E-state index in [9.17, 15) is 18.3 Å². The molecule has 2 aromatic carbocycles. The predicted octanol–water partition coefficient (Wildman–Crippen LogP) is 5.97. The van der Waals surface area contributed by atoms with Crippen molar-refractivity contribution in [1.29, 1.82) is 0 Å². The minimum absolute atomic E-state index is 0. The number of ether oxygens (including phenoxy) is 1. The van der Waals surface area contributed by atoms with Gasteiger partial charge in [0.05, 0.1) is 6.20 Å². The molecule has 1 fully saturated rings. The van der Waals surface area contributed by atoms with Crippen molar-refractivity contribution >= 4 is 51.3 Å². The monoisotopic (exact) mass is 562 g/mol. The zero-order valence-corrected chi connectivity index (χ0v) is 21.7. The van der Waals surface area contributed by atoms with Gasteiger partial charge in [-0.25, -0.2) is 8.42 Å². The first-order valence-electron chi connectivity index (χ1n) is 10.6. The molecule has 0 aliphatic heterocycles. The number of carbonyl (C=O) groups is 1. The van der Waals surface area contributed by atoms with Gasteiger partial charge < -0.3 is 9.84 Å². The smallest absolute Gasteiger partial charge is 0.325 e. The van der Waals surface area contributed by atoms with Crippen LogP contribution in [0, 0.1) is 0 Å². The van der Waals surface area contributed by atoms with Crippen molar-refractivity contribution in [3.63, 3.8) is 0 Å². The van der Waals surface area contributed by atoms with Gasteiger partial charge in [0.1, 0.15) is 21.2 Å². The summed E-state index contributed by atoms with van der Waals surface area (Å²) in [6.07, 6.45) is 3.27. The Morgan fingerprint density at radius 1 is 1.08 bits per heavy atom. The molecule has 1 aliphatic rings. The number of nitrogens with zero attached hydrogens (tertiary/aromatic N) is 1. The third-order valence-corrected chi connectivity index (χ3v) is 9.18. The summed E-state index contributed by atoms with van der Waals surface area (Å²) in [6, 6.07) is 20.7. The third kappa shape index (κ3) is 5.11. The van der Waals surface area contributed by atoms with E-state index in [4.69, 9.17) is 16.3 Å². The number of pyridine rings is 1. The minimum atomic E-state index is -4.10. The summed E-state index contributed by atoms with van der Waals surface area (Å²) < 4.78 is 34.9. The molecule has 5 rings (SSSR count). The summed E-state index contributed by atoms with van der Waals surface area (Å²) in [5, 5.41) is 10.6. The van der Waals surface area contributed by atoms with Crippen LogP contribution in [0.2, 0.25) is 5.02 Å². The molecular formula is C25H20Cl2N2O5S2. The van der Waals surface area contributed by atoms with Gasteiger partial charge in [-0.3, -0.25) is 9.78 Å². The summed E-state index contributed by atoms with van der Waals surface area (Å²) in [4.78, 5) is 17.1. The third-order valence-electron chi connectivity index (χ3n) is 5.79. The highest BCUT2D eigenvalue weighted by atomic mass is 35.5. The van der Waals surface area contributed by atoms with Gasteiger partial charge in [-0.2, -0.15) is 4.72 Å². The van der Waals surface area contributed by atoms with Crippen molar-refractivity contribution in [2.45, 2.75) is 22.1 Å². The van der Waals surface area contributed by atoms with E-state index in [0.717, 1.165) is 21.8 Å². The number of sulfonamides is 1. The number of hydrogen-bond donors (Lipinski definition) is 2. The second kappa shape index (κ2) is 10.2. The van der Waals surface area contributed by atoms with Crippen LogP contribution in [0.3, 0.4) is 0 Å². The van der Waals surface area contributed by atoms with Crippen molar-refractivity contribution in [3.8, 4) is 21.9 Å². The molecule has 0 radical (unpaired) electrons. The second-order valence-electron chi connectivity index (χ2n) is 8.09. The van der Waals surface area contributed by atoms with Gasteiger partial charge in [-0.1, -0.05) is 41.9 Å². The molecule has 4 aromatic rings. The Labute approximate surface area is 223 Å². The lowest BCUT2D eigenvalue weighted by atomic mass is 10.1. The molecule has 1 aliphatic carbocycles. The van der Waals surface area contributed by atoms with Crippen LogP contribution >= 0.6 is 35.3 Å². The number of hydrogen-bond acceptors (Lipinski definition) is 6. The first-order valence-corrected chi connectivity index (χ1v) is 13.3. The van der Waals surface area contributed by atoms with Crippen LogP contribution in [0.5, 0.6) is 11.5 Å². The molecule has 2 atom stereocenters. The van der Waals surface area contributed by atoms with Gasteiger partial charge in [-0.15, -0.1) is 23.7 Å². The van der Waals surface area contributed by atoms with Crippen molar-refractivity contribution in [1.82, 2.24) is 9.71 Å². The fraction of sp³-hybridized carbons (Fsp3) is 0.120. The number of carboxylic acid groups (broad SMARTS) is 1. The highest BCUT2D eigenvalue weighted by Crippen LogP contribution is 2.55. The topological polar surface area (TPSA) is 106 Å².